The van der Waals surface area contributed by atoms with E-state index < -0.39 is 29.0 Å². The summed E-state index contributed by atoms with van der Waals surface area (Å²) in [6.07, 6.45) is 8.37. The molecule has 2 fully saturated rings. The average Bonchev–Trinajstić information content (AvgIpc) is 3.03. The van der Waals surface area contributed by atoms with Crippen LogP contribution in [0.2, 0.25) is 0 Å². The SMILES string of the molecule is CC(C)=CCC[C@@H](C)C1CCC2C3=C(CCC21C)C1(C)CC(O)(O)C(O)C(O)(O)C1CC3. The van der Waals surface area contributed by atoms with Crippen molar-refractivity contribution in [3.05, 3.63) is 22.8 Å². The second-order valence-corrected chi connectivity index (χ2v) is 12.3. The van der Waals surface area contributed by atoms with Crippen LogP contribution in [0.5, 0.6) is 0 Å². The number of fused-ring (bicyclic) bond motifs is 4. The maximum atomic E-state index is 10.8. The summed E-state index contributed by atoms with van der Waals surface area (Å²) >= 11 is 0. The van der Waals surface area contributed by atoms with Crippen molar-refractivity contribution in [1.82, 2.24) is 0 Å². The zero-order valence-corrected chi connectivity index (χ0v) is 20.6. The molecule has 0 bridgehead atoms. The Kier molecular flexibility index (Phi) is 6.03. The van der Waals surface area contributed by atoms with Crippen LogP contribution < -0.4 is 0 Å². The number of allylic oxidation sites excluding steroid dienone is 4. The van der Waals surface area contributed by atoms with Crippen molar-refractivity contribution in [2.75, 3.05) is 0 Å². The van der Waals surface area contributed by atoms with Crippen molar-refractivity contribution in [3.8, 4) is 0 Å². The van der Waals surface area contributed by atoms with Crippen molar-refractivity contribution in [2.24, 2.45) is 34.5 Å². The molecule has 4 rings (SSSR count). The molecule has 4 aliphatic rings. The van der Waals surface area contributed by atoms with E-state index in [2.05, 4.69) is 33.8 Å². The molecule has 0 saturated heterocycles. The lowest BCUT2D eigenvalue weighted by Gasteiger charge is -2.60. The van der Waals surface area contributed by atoms with E-state index in [1.165, 1.54) is 36.0 Å². The van der Waals surface area contributed by atoms with E-state index in [9.17, 15) is 25.5 Å². The molecule has 32 heavy (non-hydrogen) atoms. The summed E-state index contributed by atoms with van der Waals surface area (Å²) in [5, 5.41) is 52.8. The van der Waals surface area contributed by atoms with E-state index in [1.807, 2.05) is 6.92 Å². The Morgan fingerprint density at radius 1 is 1.06 bits per heavy atom. The van der Waals surface area contributed by atoms with E-state index in [0.29, 0.717) is 24.2 Å². The van der Waals surface area contributed by atoms with Crippen molar-refractivity contribution in [1.29, 1.82) is 0 Å². The molecule has 5 heteroatoms. The van der Waals surface area contributed by atoms with E-state index in [4.69, 9.17) is 0 Å². The van der Waals surface area contributed by atoms with Gasteiger partial charge in [-0.25, -0.2) is 0 Å². The molecule has 182 valence electrons. The fraction of sp³-hybridized carbons (Fsp3) is 0.852. The Bertz CT molecular complexity index is 807. The molecule has 5 N–H and O–H groups in total. The summed E-state index contributed by atoms with van der Waals surface area (Å²) in [5.41, 5.74) is 3.57. The lowest BCUT2D eigenvalue weighted by Crippen LogP contribution is -2.70. The van der Waals surface area contributed by atoms with Crippen LogP contribution in [-0.2, 0) is 0 Å². The molecule has 6 unspecified atom stereocenters. The molecule has 7 atom stereocenters. The van der Waals surface area contributed by atoms with Gasteiger partial charge in [-0.3, -0.25) is 0 Å². The highest BCUT2D eigenvalue weighted by molar-refractivity contribution is 5.36. The Morgan fingerprint density at radius 2 is 1.75 bits per heavy atom. The Hall–Kier alpha value is -0.720. The van der Waals surface area contributed by atoms with E-state index in [0.717, 1.165) is 25.7 Å². The van der Waals surface area contributed by atoms with E-state index >= 15 is 0 Å². The third-order valence-electron chi connectivity index (χ3n) is 10.1. The number of aliphatic hydroxyl groups excluding tert-OH is 1. The highest BCUT2D eigenvalue weighted by Crippen LogP contribution is 2.67. The minimum Gasteiger partial charge on any atom is -0.382 e. The van der Waals surface area contributed by atoms with Crippen molar-refractivity contribution in [2.45, 2.75) is 110 Å². The van der Waals surface area contributed by atoms with Gasteiger partial charge >= 0.3 is 0 Å². The van der Waals surface area contributed by atoms with Gasteiger partial charge in [0.2, 0.25) is 0 Å². The summed E-state index contributed by atoms with van der Waals surface area (Å²) < 4.78 is 0. The maximum absolute atomic E-state index is 10.8. The largest absolute Gasteiger partial charge is 0.382 e. The molecule has 0 aromatic rings. The third kappa shape index (κ3) is 3.54. The van der Waals surface area contributed by atoms with Crippen LogP contribution in [0.15, 0.2) is 22.8 Å². The summed E-state index contributed by atoms with van der Waals surface area (Å²) in [7, 11) is 0. The molecule has 4 aliphatic carbocycles. The van der Waals surface area contributed by atoms with Crippen LogP contribution in [0.1, 0.15) is 92.4 Å². The minimum atomic E-state index is -2.51. The number of aliphatic hydroxyl groups is 5. The highest BCUT2D eigenvalue weighted by Gasteiger charge is 2.67. The van der Waals surface area contributed by atoms with Crippen molar-refractivity contribution < 1.29 is 25.5 Å². The molecular weight excluding hydrogens is 404 g/mol. The summed E-state index contributed by atoms with van der Waals surface area (Å²) in [4.78, 5) is 0. The molecule has 0 heterocycles. The first-order valence-electron chi connectivity index (χ1n) is 12.7. The average molecular weight is 449 g/mol. The van der Waals surface area contributed by atoms with Crippen molar-refractivity contribution >= 4 is 0 Å². The maximum Gasteiger partial charge on any atom is 0.198 e. The lowest BCUT2D eigenvalue weighted by molar-refractivity contribution is -0.384. The molecule has 0 amide bonds. The molecule has 5 nitrogen and oxygen atoms in total. The summed E-state index contributed by atoms with van der Waals surface area (Å²) in [5.74, 6) is -3.76. The molecule has 0 aliphatic heterocycles. The lowest BCUT2D eigenvalue weighted by atomic mass is 9.48. The standard InChI is InChI=1S/C27H44O5/c1-16(2)7-6-8-17(3)19-10-11-20-18-9-12-22-25(5,21(18)13-14-24(19,20)4)15-26(29,30)23(28)27(22,31)32/h7,17,19-20,22-23,28-32H,6,8-15H2,1-5H3/t17-,19?,20?,22?,23?,24?,25?/m1/s1. The Balaban J connectivity index is 1.63. The molecule has 0 radical (unpaired) electrons. The second-order valence-electron chi connectivity index (χ2n) is 12.3. The second kappa shape index (κ2) is 7.91. The number of hydrogen-bond acceptors (Lipinski definition) is 5. The normalized spacial score (nSPS) is 43.2. The molecule has 0 aromatic heterocycles. The number of hydrogen-bond donors (Lipinski definition) is 5. The van der Waals surface area contributed by atoms with Gasteiger partial charge in [-0.2, -0.15) is 0 Å². The van der Waals surface area contributed by atoms with E-state index in [-0.39, 0.29) is 11.8 Å². The Labute approximate surface area is 193 Å². The monoisotopic (exact) mass is 448 g/mol. The van der Waals surface area contributed by atoms with Crippen LogP contribution in [0, 0.1) is 34.5 Å². The van der Waals surface area contributed by atoms with Crippen molar-refractivity contribution in [3.63, 3.8) is 0 Å². The topological polar surface area (TPSA) is 101 Å². The van der Waals surface area contributed by atoms with E-state index in [1.54, 1.807) is 0 Å². The molecule has 0 spiro atoms. The van der Waals surface area contributed by atoms with Crippen LogP contribution >= 0.6 is 0 Å². The molecule has 2 saturated carbocycles. The van der Waals surface area contributed by atoms with Gasteiger partial charge in [0, 0.05) is 17.8 Å². The fourth-order valence-electron chi connectivity index (χ4n) is 8.62. The fourth-order valence-corrected chi connectivity index (χ4v) is 8.62. The first-order chi connectivity index (χ1) is 14.7. The highest BCUT2D eigenvalue weighted by atomic mass is 16.6. The summed E-state index contributed by atoms with van der Waals surface area (Å²) in [6, 6.07) is 0. The predicted octanol–water partition coefficient (Wildman–Crippen LogP) is 4.03. The van der Waals surface area contributed by atoms with Gasteiger partial charge in [0.25, 0.3) is 0 Å². The first-order valence-corrected chi connectivity index (χ1v) is 12.7. The van der Waals surface area contributed by atoms with Crippen LogP contribution in [0.4, 0.5) is 0 Å². The van der Waals surface area contributed by atoms with Gasteiger partial charge in [0.05, 0.1) is 0 Å². The van der Waals surface area contributed by atoms with Gasteiger partial charge in [-0.05, 0) is 88.4 Å². The minimum absolute atomic E-state index is 0.0560. The zero-order valence-electron chi connectivity index (χ0n) is 20.6. The molecular formula is C27H44O5. The van der Waals surface area contributed by atoms with Crippen LogP contribution in [0.25, 0.3) is 0 Å². The van der Waals surface area contributed by atoms with Gasteiger partial charge in [0.15, 0.2) is 17.7 Å². The quantitative estimate of drug-likeness (QED) is 0.330. The van der Waals surface area contributed by atoms with Gasteiger partial charge in [-0.15, -0.1) is 0 Å². The third-order valence-corrected chi connectivity index (χ3v) is 10.1. The van der Waals surface area contributed by atoms with Gasteiger partial charge in [-0.1, -0.05) is 43.6 Å². The summed E-state index contributed by atoms with van der Waals surface area (Å²) in [6.45, 7) is 11.2. The predicted molar refractivity (Wildman–Crippen MR) is 124 cm³/mol. The van der Waals surface area contributed by atoms with Crippen LogP contribution in [0.3, 0.4) is 0 Å². The number of rotatable bonds is 4. The zero-order chi connectivity index (χ0) is 23.7. The first kappa shape index (κ1) is 24.4. The Morgan fingerprint density at radius 3 is 2.41 bits per heavy atom. The van der Waals surface area contributed by atoms with Gasteiger partial charge < -0.3 is 25.5 Å². The smallest absolute Gasteiger partial charge is 0.198 e. The van der Waals surface area contributed by atoms with Gasteiger partial charge in [0.1, 0.15) is 0 Å². The molecule has 0 aromatic carbocycles. The van der Waals surface area contributed by atoms with Crippen LogP contribution in [-0.4, -0.2) is 43.2 Å².